The molecule has 10 nitrogen and oxygen atoms in total. The van der Waals surface area contributed by atoms with Gasteiger partial charge in [-0.1, -0.05) is 20.8 Å². The van der Waals surface area contributed by atoms with E-state index in [0.717, 1.165) is 5.56 Å². The number of rotatable bonds is 5. The number of hydrogen-bond acceptors (Lipinski definition) is 8. The fourth-order valence-corrected chi connectivity index (χ4v) is 5.79. The topological polar surface area (TPSA) is 108 Å². The van der Waals surface area contributed by atoms with Crippen LogP contribution in [0, 0.1) is 0 Å². The molecule has 2 aliphatic heterocycles. The Balaban J connectivity index is 1.82. The van der Waals surface area contributed by atoms with Gasteiger partial charge in [0.05, 0.1) is 25.8 Å². The Bertz CT molecular complexity index is 1150. The second-order valence-electron chi connectivity index (χ2n) is 12.9. The lowest BCUT2D eigenvalue weighted by atomic mass is 10.0. The van der Waals surface area contributed by atoms with Gasteiger partial charge in [0.15, 0.2) is 14.1 Å². The van der Waals surface area contributed by atoms with Gasteiger partial charge in [0.25, 0.3) is 0 Å². The molecule has 37 heavy (non-hydrogen) atoms. The van der Waals surface area contributed by atoms with Crippen molar-refractivity contribution in [3.63, 3.8) is 0 Å². The highest BCUT2D eigenvalue weighted by atomic mass is 28.4. The van der Waals surface area contributed by atoms with E-state index in [9.17, 15) is 4.79 Å². The zero-order chi connectivity index (χ0) is 27.6. The van der Waals surface area contributed by atoms with Crippen molar-refractivity contribution < 1.29 is 28.2 Å². The van der Waals surface area contributed by atoms with Crippen LogP contribution in [-0.4, -0.2) is 77.6 Å². The van der Waals surface area contributed by atoms with Crippen LogP contribution in [0.1, 0.15) is 67.0 Å². The third-order valence-electron chi connectivity index (χ3n) is 7.51. The molecular formula is C26H42N4O6Si. The van der Waals surface area contributed by atoms with E-state index in [1.165, 1.54) is 6.33 Å². The van der Waals surface area contributed by atoms with E-state index in [1.54, 1.807) is 12.0 Å². The zero-order valence-corrected chi connectivity index (χ0v) is 25.0. The van der Waals surface area contributed by atoms with Gasteiger partial charge in [-0.05, 0) is 52.8 Å². The Morgan fingerprint density at radius 1 is 1.14 bits per heavy atom. The number of carbonyl (C=O) groups is 1. The first kappa shape index (κ1) is 27.8. The highest BCUT2D eigenvalue weighted by molar-refractivity contribution is 6.74. The molecule has 0 radical (unpaired) electrons. The molecule has 2 saturated heterocycles. The van der Waals surface area contributed by atoms with E-state index in [0.29, 0.717) is 23.5 Å². The van der Waals surface area contributed by atoms with Crippen molar-refractivity contribution in [2.24, 2.45) is 0 Å². The molecule has 4 atom stereocenters. The number of H-pyrrole nitrogens is 1. The monoisotopic (exact) mass is 534 g/mol. The van der Waals surface area contributed by atoms with Crippen molar-refractivity contribution in [1.82, 2.24) is 19.9 Å². The molecule has 2 fully saturated rings. The summed E-state index contributed by atoms with van der Waals surface area (Å²) in [6.45, 7) is 20.7. The molecule has 2 aliphatic rings. The van der Waals surface area contributed by atoms with Crippen LogP contribution in [0.2, 0.25) is 18.1 Å². The minimum absolute atomic E-state index is 0.0117. The van der Waals surface area contributed by atoms with E-state index >= 15 is 0 Å². The van der Waals surface area contributed by atoms with Crippen LogP contribution in [0.5, 0.6) is 5.88 Å². The van der Waals surface area contributed by atoms with Crippen molar-refractivity contribution in [2.75, 3.05) is 13.7 Å². The summed E-state index contributed by atoms with van der Waals surface area (Å²) in [5.41, 5.74) is 1.41. The molecule has 0 spiro atoms. The number of carbonyl (C=O) groups excluding carboxylic acids is 1. The Kier molecular flexibility index (Phi) is 6.93. The summed E-state index contributed by atoms with van der Waals surface area (Å²) in [5, 5.41) is 0.0117. The smallest absolute Gasteiger partial charge is 0.411 e. The summed E-state index contributed by atoms with van der Waals surface area (Å²) in [5.74, 6) is -0.391. The molecule has 0 bridgehead atoms. The Morgan fingerprint density at radius 2 is 1.78 bits per heavy atom. The first-order valence-corrected chi connectivity index (χ1v) is 15.7. The molecule has 1 amide bonds. The Hall–Kier alpha value is -2.21. The second kappa shape index (κ2) is 9.21. The quantitative estimate of drug-likeness (QED) is 0.524. The number of nitrogens with one attached hydrogen (secondary N) is 1. The van der Waals surface area contributed by atoms with Gasteiger partial charge in [-0.25, -0.2) is 9.78 Å². The molecule has 2 aromatic rings. The van der Waals surface area contributed by atoms with E-state index in [2.05, 4.69) is 48.8 Å². The SMILES string of the molecule is COc1ncnc2c([C@H]3C4OC(C)(C)OC4[C@@H](CO[Si](C)(C)C(C)(C)C)N3C(=O)OC(C)(C)C)c[nH]c12. The lowest BCUT2D eigenvalue weighted by Crippen LogP contribution is -2.50. The predicted octanol–water partition coefficient (Wildman–Crippen LogP) is 5.17. The van der Waals surface area contributed by atoms with E-state index in [4.69, 9.17) is 23.4 Å². The molecule has 2 aromatic heterocycles. The van der Waals surface area contributed by atoms with Crippen molar-refractivity contribution in [2.45, 2.75) is 109 Å². The van der Waals surface area contributed by atoms with E-state index < -0.39 is 50.1 Å². The van der Waals surface area contributed by atoms with E-state index in [-0.39, 0.29) is 5.04 Å². The van der Waals surface area contributed by atoms with Gasteiger partial charge in [-0.3, -0.25) is 4.90 Å². The molecule has 4 heterocycles. The van der Waals surface area contributed by atoms with E-state index in [1.807, 2.05) is 40.8 Å². The summed E-state index contributed by atoms with van der Waals surface area (Å²) in [4.78, 5) is 27.5. The number of fused-ring (bicyclic) bond motifs is 2. The third-order valence-corrected chi connectivity index (χ3v) is 12.0. The van der Waals surface area contributed by atoms with Crippen LogP contribution < -0.4 is 4.74 Å². The van der Waals surface area contributed by atoms with Crippen molar-refractivity contribution in [3.05, 3.63) is 18.1 Å². The van der Waals surface area contributed by atoms with Gasteiger partial charge in [0, 0.05) is 11.8 Å². The predicted molar refractivity (Wildman–Crippen MR) is 142 cm³/mol. The minimum atomic E-state index is -2.13. The van der Waals surface area contributed by atoms with Crippen LogP contribution in [0.15, 0.2) is 12.5 Å². The highest BCUT2D eigenvalue weighted by Gasteiger charge is 2.61. The fourth-order valence-electron chi connectivity index (χ4n) is 4.77. The summed E-state index contributed by atoms with van der Waals surface area (Å²) >= 11 is 0. The minimum Gasteiger partial charge on any atom is -0.479 e. The van der Waals surface area contributed by atoms with Gasteiger partial charge in [0.1, 0.15) is 35.2 Å². The number of likely N-dealkylation sites (tertiary alicyclic amines) is 1. The average molecular weight is 535 g/mol. The number of aromatic amines is 1. The number of hydrogen-bond donors (Lipinski definition) is 1. The van der Waals surface area contributed by atoms with Crippen LogP contribution in [0.3, 0.4) is 0 Å². The molecule has 0 aliphatic carbocycles. The molecule has 11 heteroatoms. The molecular weight excluding hydrogens is 492 g/mol. The first-order valence-electron chi connectivity index (χ1n) is 12.8. The number of aromatic nitrogens is 3. The Labute approximate surface area is 220 Å². The highest BCUT2D eigenvalue weighted by Crippen LogP contribution is 2.49. The lowest BCUT2D eigenvalue weighted by molar-refractivity contribution is -0.168. The number of amides is 1. The van der Waals surface area contributed by atoms with Gasteiger partial charge in [-0.15, -0.1) is 0 Å². The third kappa shape index (κ3) is 5.23. The molecule has 2 unspecified atom stereocenters. The first-order chi connectivity index (χ1) is 17.0. The van der Waals surface area contributed by atoms with Gasteiger partial charge in [-0.2, -0.15) is 4.98 Å². The average Bonchev–Trinajstić information content (AvgIpc) is 3.38. The normalized spacial score (nSPS) is 26.0. The van der Waals surface area contributed by atoms with Gasteiger partial charge < -0.3 is 28.4 Å². The number of ether oxygens (including phenoxy) is 4. The second-order valence-corrected chi connectivity index (χ2v) is 17.7. The molecule has 206 valence electrons. The molecule has 4 rings (SSSR count). The Morgan fingerprint density at radius 3 is 2.38 bits per heavy atom. The van der Waals surface area contributed by atoms with Crippen molar-refractivity contribution in [3.8, 4) is 5.88 Å². The van der Waals surface area contributed by atoms with Crippen molar-refractivity contribution >= 4 is 25.4 Å². The maximum atomic E-state index is 13.8. The van der Waals surface area contributed by atoms with Crippen LogP contribution >= 0.6 is 0 Å². The maximum Gasteiger partial charge on any atom is 0.411 e. The molecule has 0 aromatic carbocycles. The van der Waals surface area contributed by atoms with Crippen LogP contribution in [0.25, 0.3) is 11.0 Å². The number of nitrogens with zero attached hydrogens (tertiary/aromatic N) is 3. The molecule has 0 saturated carbocycles. The van der Waals surface area contributed by atoms with Gasteiger partial charge in [0.2, 0.25) is 5.88 Å². The van der Waals surface area contributed by atoms with Crippen molar-refractivity contribution in [1.29, 1.82) is 0 Å². The molecule has 1 N–H and O–H groups in total. The lowest BCUT2D eigenvalue weighted by Gasteiger charge is -2.39. The summed E-state index contributed by atoms with van der Waals surface area (Å²) in [7, 11) is -0.565. The number of methoxy groups -OCH3 is 1. The maximum absolute atomic E-state index is 13.8. The summed E-state index contributed by atoms with van der Waals surface area (Å²) in [6, 6.07) is -0.947. The summed E-state index contributed by atoms with van der Waals surface area (Å²) in [6.07, 6.45) is 1.99. The summed E-state index contributed by atoms with van der Waals surface area (Å²) < 4.78 is 30.9. The van der Waals surface area contributed by atoms with Gasteiger partial charge >= 0.3 is 6.09 Å². The zero-order valence-electron chi connectivity index (χ0n) is 24.0. The largest absolute Gasteiger partial charge is 0.479 e. The van der Waals surface area contributed by atoms with Crippen LogP contribution in [-0.2, 0) is 18.6 Å². The standard InChI is InChI=1S/C26H42N4O6Si/c1-24(2,3)36-23(31)30-16(13-33-37(10,11)25(4,5)6)20-21(35-26(7,8)34-20)19(30)15-12-27-18-17(15)28-14-29-22(18)32-9/h12,14,16,19-21,27H,13H2,1-11H3/t16-,19+,20?,21?/m1/s1. The fraction of sp³-hybridized carbons (Fsp3) is 0.731. The van der Waals surface area contributed by atoms with Crippen LogP contribution in [0.4, 0.5) is 4.79 Å².